The molecule has 8 heteroatoms. The molecule has 0 radical (unpaired) electrons. The fraction of sp³-hybridized carbons (Fsp3) is 0.115. The van der Waals surface area contributed by atoms with Crippen LogP contribution in [-0.4, -0.2) is 19.0 Å². The minimum absolute atomic E-state index is 0.0591. The molecule has 0 aromatic heterocycles. The van der Waals surface area contributed by atoms with E-state index in [2.05, 4.69) is 5.32 Å². The molecule has 7 nitrogen and oxygen atoms in total. The van der Waals surface area contributed by atoms with Crippen LogP contribution < -0.4 is 19.9 Å². The summed E-state index contributed by atoms with van der Waals surface area (Å²) in [5.74, 6) is -1.04. The molecule has 0 aliphatic heterocycles. The molecular weight excluding hydrogens is 456 g/mol. The number of carbonyl (C=O) groups excluding carboxylic acids is 2. The van der Waals surface area contributed by atoms with E-state index in [0.717, 1.165) is 0 Å². The van der Waals surface area contributed by atoms with E-state index < -0.39 is 11.9 Å². The summed E-state index contributed by atoms with van der Waals surface area (Å²) < 4.78 is 11.2. The van der Waals surface area contributed by atoms with Crippen molar-refractivity contribution >= 4 is 35.2 Å². The summed E-state index contributed by atoms with van der Waals surface area (Å²) in [6, 6.07) is 18.2. The van der Waals surface area contributed by atoms with Crippen molar-refractivity contribution in [2.45, 2.75) is 13.5 Å². The van der Waals surface area contributed by atoms with Gasteiger partial charge in [0.25, 0.3) is 5.91 Å². The van der Waals surface area contributed by atoms with E-state index in [-0.39, 0.29) is 17.7 Å². The summed E-state index contributed by atoms with van der Waals surface area (Å²) in [4.78, 5) is 23.6. The van der Waals surface area contributed by atoms with Crippen molar-refractivity contribution in [3.05, 3.63) is 93.5 Å². The Morgan fingerprint density at radius 2 is 1.88 bits per heavy atom. The zero-order chi connectivity index (χ0) is 24.7. The number of halogens is 1. The number of ether oxygens (including phenoxy) is 2. The van der Waals surface area contributed by atoms with Gasteiger partial charge in [-0.2, -0.15) is 5.26 Å². The van der Waals surface area contributed by atoms with Gasteiger partial charge in [-0.05, 0) is 65.6 Å². The second kappa shape index (κ2) is 11.0. The largest absolute Gasteiger partial charge is 0.545 e. The topological polar surface area (TPSA) is 111 Å². The number of nitrogens with one attached hydrogen (secondary N) is 1. The van der Waals surface area contributed by atoms with Crippen LogP contribution in [0.2, 0.25) is 5.02 Å². The molecule has 0 aliphatic rings. The quantitative estimate of drug-likeness (QED) is 0.387. The van der Waals surface area contributed by atoms with Gasteiger partial charge in [-0.1, -0.05) is 41.9 Å². The molecule has 0 spiro atoms. The molecule has 0 fully saturated rings. The van der Waals surface area contributed by atoms with Crippen LogP contribution in [0.1, 0.15) is 27.0 Å². The Hall–Kier alpha value is -4.28. The van der Waals surface area contributed by atoms with E-state index >= 15 is 0 Å². The highest BCUT2D eigenvalue weighted by Crippen LogP contribution is 2.30. The minimum atomic E-state index is -1.27. The predicted octanol–water partition coefficient (Wildman–Crippen LogP) is 4.15. The van der Waals surface area contributed by atoms with Crippen molar-refractivity contribution in [3.63, 3.8) is 0 Å². The molecule has 3 aromatic carbocycles. The molecular formula is C26H20ClN2O5-. The molecule has 0 unspecified atom stereocenters. The summed E-state index contributed by atoms with van der Waals surface area (Å²) in [6.45, 7) is 1.88. The number of carboxylic acid groups (broad SMARTS) is 1. The average Bonchev–Trinajstić information content (AvgIpc) is 2.84. The number of hydrogen-bond acceptors (Lipinski definition) is 6. The highest BCUT2D eigenvalue weighted by molar-refractivity contribution is 6.31. The maximum absolute atomic E-state index is 12.6. The van der Waals surface area contributed by atoms with Crippen molar-refractivity contribution in [3.8, 4) is 17.6 Å². The standard InChI is InChI=1S/C26H21ClN2O5/c1-16-21(27)7-4-8-22(16)29-25(30)20(14-28)11-17-9-10-23(24(13-17)33-2)34-15-18-5-3-6-19(12-18)26(31)32/h3-13H,15H2,1-2H3,(H,29,30)(H,31,32)/p-1/b20-11+. The number of hydrogen-bond donors (Lipinski definition) is 1. The first-order valence-corrected chi connectivity index (χ1v) is 10.5. The van der Waals surface area contributed by atoms with Crippen molar-refractivity contribution in [2.75, 3.05) is 12.4 Å². The number of anilines is 1. The second-order valence-electron chi connectivity index (χ2n) is 7.22. The van der Waals surface area contributed by atoms with Gasteiger partial charge in [0.1, 0.15) is 18.2 Å². The summed E-state index contributed by atoms with van der Waals surface area (Å²) in [5.41, 5.74) is 2.37. The van der Waals surface area contributed by atoms with Gasteiger partial charge in [0.05, 0.1) is 13.1 Å². The number of benzene rings is 3. The minimum Gasteiger partial charge on any atom is -0.545 e. The number of rotatable bonds is 8. The molecule has 0 saturated carbocycles. The third-order valence-corrected chi connectivity index (χ3v) is 5.35. The van der Waals surface area contributed by atoms with Crippen LogP contribution in [0.5, 0.6) is 11.5 Å². The fourth-order valence-corrected chi connectivity index (χ4v) is 3.26. The Bertz CT molecular complexity index is 1310. The molecule has 3 aromatic rings. The van der Waals surface area contributed by atoms with Gasteiger partial charge >= 0.3 is 0 Å². The van der Waals surface area contributed by atoms with Crippen LogP contribution in [-0.2, 0) is 11.4 Å². The van der Waals surface area contributed by atoms with Gasteiger partial charge < -0.3 is 24.7 Å². The highest BCUT2D eigenvalue weighted by Gasteiger charge is 2.13. The number of carbonyl (C=O) groups is 2. The number of methoxy groups -OCH3 is 1. The van der Waals surface area contributed by atoms with Crippen LogP contribution in [0, 0.1) is 18.3 Å². The van der Waals surface area contributed by atoms with Gasteiger partial charge in [0.15, 0.2) is 11.5 Å². The lowest BCUT2D eigenvalue weighted by molar-refractivity contribution is -0.255. The normalized spacial score (nSPS) is 10.8. The van der Waals surface area contributed by atoms with Gasteiger partial charge in [-0.3, -0.25) is 4.79 Å². The van der Waals surface area contributed by atoms with Crippen LogP contribution in [0.25, 0.3) is 6.08 Å². The van der Waals surface area contributed by atoms with Crippen LogP contribution >= 0.6 is 11.6 Å². The highest BCUT2D eigenvalue weighted by atomic mass is 35.5. The Balaban J connectivity index is 1.77. The molecule has 1 N–H and O–H groups in total. The Morgan fingerprint density at radius 1 is 1.12 bits per heavy atom. The maximum Gasteiger partial charge on any atom is 0.266 e. The van der Waals surface area contributed by atoms with Gasteiger partial charge in [-0.25, -0.2) is 0 Å². The first kappa shape index (κ1) is 24.4. The predicted molar refractivity (Wildman–Crippen MR) is 127 cm³/mol. The van der Waals surface area contributed by atoms with Crippen LogP contribution in [0.3, 0.4) is 0 Å². The van der Waals surface area contributed by atoms with E-state index in [1.165, 1.54) is 25.3 Å². The van der Waals surface area contributed by atoms with Gasteiger partial charge in [0, 0.05) is 10.7 Å². The Kier molecular flexibility index (Phi) is 7.91. The van der Waals surface area contributed by atoms with Crippen molar-refractivity contribution in [2.24, 2.45) is 0 Å². The number of nitriles is 1. The lowest BCUT2D eigenvalue weighted by atomic mass is 10.1. The third kappa shape index (κ3) is 5.94. The number of aromatic carboxylic acids is 1. The Morgan fingerprint density at radius 3 is 2.59 bits per heavy atom. The summed E-state index contributed by atoms with van der Waals surface area (Å²) in [6.07, 6.45) is 1.44. The first-order chi connectivity index (χ1) is 16.3. The summed E-state index contributed by atoms with van der Waals surface area (Å²) >= 11 is 6.09. The SMILES string of the molecule is COc1cc(/C=C(\C#N)C(=O)Nc2cccc(Cl)c2C)ccc1OCc1cccc(C(=O)[O-])c1. The average molecular weight is 476 g/mol. The summed E-state index contributed by atoms with van der Waals surface area (Å²) in [7, 11) is 1.46. The van der Waals surface area contributed by atoms with Gasteiger partial charge in [0.2, 0.25) is 0 Å². The Labute approximate surface area is 201 Å². The lowest BCUT2D eigenvalue weighted by Gasteiger charge is -2.12. The molecule has 0 heterocycles. The molecule has 0 saturated heterocycles. The zero-order valence-electron chi connectivity index (χ0n) is 18.4. The fourth-order valence-electron chi connectivity index (χ4n) is 3.09. The molecule has 1 amide bonds. The zero-order valence-corrected chi connectivity index (χ0v) is 19.2. The van der Waals surface area contributed by atoms with Crippen molar-refractivity contribution in [1.82, 2.24) is 0 Å². The van der Waals surface area contributed by atoms with E-state index in [4.69, 9.17) is 21.1 Å². The lowest BCUT2D eigenvalue weighted by Crippen LogP contribution is -2.22. The van der Waals surface area contributed by atoms with E-state index in [1.54, 1.807) is 55.5 Å². The van der Waals surface area contributed by atoms with Crippen molar-refractivity contribution < 1.29 is 24.2 Å². The van der Waals surface area contributed by atoms with E-state index in [1.807, 2.05) is 6.07 Å². The van der Waals surface area contributed by atoms with Crippen LogP contribution in [0.15, 0.2) is 66.2 Å². The van der Waals surface area contributed by atoms with Crippen molar-refractivity contribution in [1.29, 1.82) is 5.26 Å². The number of carboxylic acids is 1. The first-order valence-electron chi connectivity index (χ1n) is 10.1. The monoisotopic (exact) mass is 475 g/mol. The molecule has 0 bridgehead atoms. The maximum atomic E-state index is 12.6. The van der Waals surface area contributed by atoms with E-state index in [0.29, 0.717) is 38.9 Å². The molecule has 34 heavy (non-hydrogen) atoms. The van der Waals surface area contributed by atoms with E-state index in [9.17, 15) is 20.0 Å². The molecule has 3 rings (SSSR count). The summed E-state index contributed by atoms with van der Waals surface area (Å²) in [5, 5.41) is 23.7. The van der Waals surface area contributed by atoms with Gasteiger partial charge in [-0.15, -0.1) is 0 Å². The smallest absolute Gasteiger partial charge is 0.266 e. The third-order valence-electron chi connectivity index (χ3n) is 4.94. The molecule has 172 valence electrons. The number of nitrogens with zero attached hydrogens (tertiary/aromatic N) is 1. The van der Waals surface area contributed by atoms with Crippen LogP contribution in [0.4, 0.5) is 5.69 Å². The molecule has 0 atom stereocenters. The number of amides is 1. The second-order valence-corrected chi connectivity index (χ2v) is 7.63. The molecule has 0 aliphatic carbocycles.